The fraction of sp³-hybridized carbons (Fsp3) is 0. The Bertz CT molecular complexity index is 472. The SMILES string of the molecule is O=C(/C=C/c1ccoc1)Nc1ccccc1. The van der Waals surface area contributed by atoms with Crippen molar-refractivity contribution >= 4 is 17.7 Å². The molecule has 16 heavy (non-hydrogen) atoms. The van der Waals surface area contributed by atoms with Gasteiger partial charge in [-0.05, 0) is 24.3 Å². The molecule has 0 unspecified atom stereocenters. The lowest BCUT2D eigenvalue weighted by atomic mass is 10.3. The van der Waals surface area contributed by atoms with E-state index in [2.05, 4.69) is 5.32 Å². The van der Waals surface area contributed by atoms with Crippen LogP contribution in [0.5, 0.6) is 0 Å². The summed E-state index contributed by atoms with van der Waals surface area (Å²) < 4.78 is 4.88. The molecule has 0 aliphatic heterocycles. The molecule has 0 radical (unpaired) electrons. The van der Waals surface area contributed by atoms with Crippen LogP contribution in [0.3, 0.4) is 0 Å². The number of carbonyl (C=O) groups is 1. The Morgan fingerprint density at radius 2 is 2.00 bits per heavy atom. The predicted molar refractivity (Wildman–Crippen MR) is 62.8 cm³/mol. The zero-order valence-electron chi connectivity index (χ0n) is 8.59. The molecule has 0 aliphatic rings. The van der Waals surface area contributed by atoms with Crippen molar-refractivity contribution in [3.05, 3.63) is 60.6 Å². The second kappa shape index (κ2) is 4.98. The van der Waals surface area contributed by atoms with Gasteiger partial charge in [-0.3, -0.25) is 4.79 Å². The lowest BCUT2D eigenvalue weighted by molar-refractivity contribution is -0.111. The minimum absolute atomic E-state index is 0.160. The van der Waals surface area contributed by atoms with Crippen molar-refractivity contribution in [1.82, 2.24) is 0 Å². The van der Waals surface area contributed by atoms with Crippen molar-refractivity contribution in [3.8, 4) is 0 Å². The number of carbonyl (C=O) groups excluding carboxylic acids is 1. The van der Waals surface area contributed by atoms with E-state index >= 15 is 0 Å². The second-order valence-corrected chi connectivity index (χ2v) is 3.25. The van der Waals surface area contributed by atoms with Gasteiger partial charge in [-0.15, -0.1) is 0 Å². The smallest absolute Gasteiger partial charge is 0.248 e. The third-order valence-corrected chi connectivity index (χ3v) is 2.01. The number of rotatable bonds is 3. The molecular formula is C13H11NO2. The monoisotopic (exact) mass is 213 g/mol. The molecule has 0 saturated heterocycles. The van der Waals surface area contributed by atoms with Crippen LogP contribution in [0.1, 0.15) is 5.56 Å². The van der Waals surface area contributed by atoms with Gasteiger partial charge in [-0.25, -0.2) is 0 Å². The van der Waals surface area contributed by atoms with Crippen molar-refractivity contribution in [2.24, 2.45) is 0 Å². The van der Waals surface area contributed by atoms with Gasteiger partial charge in [0.2, 0.25) is 5.91 Å². The lowest BCUT2D eigenvalue weighted by Gasteiger charge is -1.99. The van der Waals surface area contributed by atoms with Crippen LogP contribution >= 0.6 is 0 Å². The molecule has 1 N–H and O–H groups in total. The van der Waals surface area contributed by atoms with E-state index in [0.717, 1.165) is 11.3 Å². The Morgan fingerprint density at radius 3 is 2.69 bits per heavy atom. The van der Waals surface area contributed by atoms with Crippen molar-refractivity contribution in [2.45, 2.75) is 0 Å². The number of amides is 1. The van der Waals surface area contributed by atoms with Crippen LogP contribution in [0, 0.1) is 0 Å². The van der Waals surface area contributed by atoms with Gasteiger partial charge in [0.1, 0.15) is 0 Å². The number of nitrogens with one attached hydrogen (secondary N) is 1. The maximum absolute atomic E-state index is 11.5. The van der Waals surface area contributed by atoms with E-state index in [4.69, 9.17) is 4.42 Å². The standard InChI is InChI=1S/C13H11NO2/c15-13(7-6-11-8-9-16-10-11)14-12-4-2-1-3-5-12/h1-10H,(H,14,15)/b7-6+. The predicted octanol–water partition coefficient (Wildman–Crippen LogP) is 2.93. The minimum Gasteiger partial charge on any atom is -0.472 e. The zero-order valence-corrected chi connectivity index (χ0v) is 8.59. The molecule has 3 heteroatoms. The van der Waals surface area contributed by atoms with Gasteiger partial charge < -0.3 is 9.73 Å². The molecule has 2 rings (SSSR count). The summed E-state index contributed by atoms with van der Waals surface area (Å²) in [6.45, 7) is 0. The number of hydrogen-bond donors (Lipinski definition) is 1. The van der Waals surface area contributed by atoms with Gasteiger partial charge in [0.15, 0.2) is 0 Å². The summed E-state index contributed by atoms with van der Waals surface area (Å²) in [4.78, 5) is 11.5. The molecular weight excluding hydrogens is 202 g/mol. The van der Waals surface area contributed by atoms with Crippen molar-refractivity contribution in [2.75, 3.05) is 5.32 Å². The van der Waals surface area contributed by atoms with Crippen LogP contribution in [0.2, 0.25) is 0 Å². The van der Waals surface area contributed by atoms with E-state index < -0.39 is 0 Å². The Labute approximate surface area is 93.4 Å². The van der Waals surface area contributed by atoms with E-state index in [-0.39, 0.29) is 5.91 Å². The quantitative estimate of drug-likeness (QED) is 0.796. The van der Waals surface area contributed by atoms with Gasteiger partial charge in [-0.1, -0.05) is 18.2 Å². The highest BCUT2D eigenvalue weighted by Gasteiger charge is 1.96. The van der Waals surface area contributed by atoms with Gasteiger partial charge in [-0.2, -0.15) is 0 Å². The summed E-state index contributed by atoms with van der Waals surface area (Å²) in [5.74, 6) is -0.160. The van der Waals surface area contributed by atoms with E-state index in [9.17, 15) is 4.79 Å². The number of anilines is 1. The molecule has 1 aromatic carbocycles. The molecule has 0 saturated carbocycles. The summed E-state index contributed by atoms with van der Waals surface area (Å²) in [5, 5.41) is 2.75. The van der Waals surface area contributed by atoms with Gasteiger partial charge in [0.25, 0.3) is 0 Å². The molecule has 0 fully saturated rings. The van der Waals surface area contributed by atoms with Crippen LogP contribution in [-0.4, -0.2) is 5.91 Å². The van der Waals surface area contributed by atoms with Crippen LogP contribution in [-0.2, 0) is 4.79 Å². The summed E-state index contributed by atoms with van der Waals surface area (Å²) in [6.07, 6.45) is 6.31. The van der Waals surface area contributed by atoms with E-state index in [0.29, 0.717) is 0 Å². The maximum atomic E-state index is 11.5. The minimum atomic E-state index is -0.160. The fourth-order valence-electron chi connectivity index (χ4n) is 1.25. The van der Waals surface area contributed by atoms with E-state index in [1.807, 2.05) is 30.3 Å². The fourth-order valence-corrected chi connectivity index (χ4v) is 1.25. The third kappa shape index (κ3) is 2.85. The topological polar surface area (TPSA) is 42.2 Å². The first kappa shape index (κ1) is 10.2. The van der Waals surface area contributed by atoms with Crippen LogP contribution in [0.4, 0.5) is 5.69 Å². The Kier molecular flexibility index (Phi) is 3.18. The van der Waals surface area contributed by atoms with E-state index in [1.165, 1.54) is 6.08 Å². The molecule has 0 bridgehead atoms. The summed E-state index contributed by atoms with van der Waals surface area (Å²) in [7, 11) is 0. The molecule has 0 aliphatic carbocycles. The Morgan fingerprint density at radius 1 is 1.19 bits per heavy atom. The molecule has 1 amide bonds. The Balaban J connectivity index is 1.95. The first-order valence-corrected chi connectivity index (χ1v) is 4.91. The number of furan rings is 1. The van der Waals surface area contributed by atoms with Crippen LogP contribution in [0.25, 0.3) is 6.08 Å². The van der Waals surface area contributed by atoms with Crippen molar-refractivity contribution in [1.29, 1.82) is 0 Å². The molecule has 0 spiro atoms. The Hall–Kier alpha value is -2.29. The number of para-hydroxylation sites is 1. The molecule has 80 valence electrons. The highest BCUT2D eigenvalue weighted by Crippen LogP contribution is 2.06. The molecule has 2 aromatic rings. The van der Waals surface area contributed by atoms with Gasteiger partial charge in [0, 0.05) is 17.3 Å². The maximum Gasteiger partial charge on any atom is 0.248 e. The highest BCUT2D eigenvalue weighted by molar-refractivity contribution is 6.01. The second-order valence-electron chi connectivity index (χ2n) is 3.25. The van der Waals surface area contributed by atoms with Crippen molar-refractivity contribution in [3.63, 3.8) is 0 Å². The van der Waals surface area contributed by atoms with Gasteiger partial charge >= 0.3 is 0 Å². The van der Waals surface area contributed by atoms with Crippen LogP contribution in [0.15, 0.2) is 59.4 Å². The normalized spacial score (nSPS) is 10.5. The summed E-state index contributed by atoms with van der Waals surface area (Å²) >= 11 is 0. The van der Waals surface area contributed by atoms with Gasteiger partial charge in [0.05, 0.1) is 12.5 Å². The largest absolute Gasteiger partial charge is 0.472 e. The zero-order chi connectivity index (χ0) is 11.2. The number of benzene rings is 1. The average Bonchev–Trinajstić information content (AvgIpc) is 2.81. The lowest BCUT2D eigenvalue weighted by Crippen LogP contribution is -2.07. The highest BCUT2D eigenvalue weighted by atomic mass is 16.3. The first-order valence-electron chi connectivity index (χ1n) is 4.91. The van der Waals surface area contributed by atoms with Crippen molar-refractivity contribution < 1.29 is 9.21 Å². The van der Waals surface area contributed by atoms with E-state index in [1.54, 1.807) is 24.7 Å². The third-order valence-electron chi connectivity index (χ3n) is 2.01. The molecule has 3 nitrogen and oxygen atoms in total. The molecule has 1 heterocycles. The molecule has 1 aromatic heterocycles. The van der Waals surface area contributed by atoms with Crippen LogP contribution < -0.4 is 5.32 Å². The first-order chi connectivity index (χ1) is 7.84. The molecule has 0 atom stereocenters. The average molecular weight is 213 g/mol. The number of hydrogen-bond acceptors (Lipinski definition) is 2. The summed E-state index contributed by atoms with van der Waals surface area (Å²) in [5.41, 5.74) is 1.65. The summed E-state index contributed by atoms with van der Waals surface area (Å²) in [6, 6.07) is 11.1.